The Morgan fingerprint density at radius 2 is 2.14 bits per heavy atom. The fourth-order valence-electron chi connectivity index (χ4n) is 2.62. The zero-order chi connectivity index (χ0) is 15.1. The Balaban J connectivity index is 2.24. The minimum absolute atomic E-state index is 0.0576. The minimum atomic E-state index is -0.667. The molecule has 2 aliphatic rings. The molecule has 0 bridgehead atoms. The molecular formula is C14H13N3O4. The molecule has 2 N–H and O–H groups in total. The summed E-state index contributed by atoms with van der Waals surface area (Å²) in [7, 11) is 1.28. The zero-order valence-electron chi connectivity index (χ0n) is 11.5. The van der Waals surface area contributed by atoms with Crippen LogP contribution in [0.25, 0.3) is 0 Å². The van der Waals surface area contributed by atoms with E-state index in [9.17, 15) is 14.8 Å². The van der Waals surface area contributed by atoms with Gasteiger partial charge in [0.2, 0.25) is 0 Å². The lowest BCUT2D eigenvalue weighted by molar-refractivity contribution is -0.136. The van der Waals surface area contributed by atoms with E-state index in [4.69, 9.17) is 4.74 Å². The maximum atomic E-state index is 12.2. The summed E-state index contributed by atoms with van der Waals surface area (Å²) in [6.45, 7) is 1.69. The Morgan fingerprint density at radius 1 is 1.43 bits per heavy atom. The first-order valence-corrected chi connectivity index (χ1v) is 6.31. The molecule has 0 radical (unpaired) electrons. The number of ether oxygens (including phenoxy) is 1. The number of anilines is 1. The normalized spacial score (nSPS) is 20.3. The monoisotopic (exact) mass is 287 g/mol. The van der Waals surface area contributed by atoms with Crippen LogP contribution in [0.2, 0.25) is 0 Å². The lowest BCUT2D eigenvalue weighted by atomic mass is 9.81. The molecular weight excluding hydrogens is 274 g/mol. The largest absolute Gasteiger partial charge is 0.466 e. The molecule has 1 unspecified atom stereocenters. The standard InChI is InChI=1S/C14H13N3O4/c1-7-10(14(19)21-2)11-8-5-3-4-6-9(8)17(20)13(18)12(11)16-15-7/h3-6,11,15,20H,1-2H3. The van der Waals surface area contributed by atoms with Gasteiger partial charge in [-0.05, 0) is 18.6 Å². The molecule has 7 heteroatoms. The Labute approximate surface area is 120 Å². The molecule has 21 heavy (non-hydrogen) atoms. The summed E-state index contributed by atoms with van der Waals surface area (Å²) in [4.78, 5) is 24.3. The van der Waals surface area contributed by atoms with Crippen molar-refractivity contribution < 1.29 is 19.5 Å². The van der Waals surface area contributed by atoms with Gasteiger partial charge in [-0.1, -0.05) is 18.2 Å². The topological polar surface area (TPSA) is 91.2 Å². The number of hydrazone groups is 1. The van der Waals surface area contributed by atoms with E-state index < -0.39 is 17.8 Å². The number of esters is 1. The van der Waals surface area contributed by atoms with Gasteiger partial charge in [-0.3, -0.25) is 15.4 Å². The molecule has 0 fully saturated rings. The van der Waals surface area contributed by atoms with Crippen LogP contribution in [-0.2, 0) is 14.3 Å². The summed E-state index contributed by atoms with van der Waals surface area (Å²) >= 11 is 0. The predicted molar refractivity (Wildman–Crippen MR) is 73.7 cm³/mol. The molecule has 0 spiro atoms. The second-order valence-electron chi connectivity index (χ2n) is 4.75. The van der Waals surface area contributed by atoms with E-state index in [1.165, 1.54) is 7.11 Å². The van der Waals surface area contributed by atoms with E-state index in [2.05, 4.69) is 10.5 Å². The fourth-order valence-corrected chi connectivity index (χ4v) is 2.62. The summed E-state index contributed by atoms with van der Waals surface area (Å²) in [6, 6.07) is 6.82. The highest BCUT2D eigenvalue weighted by Gasteiger charge is 2.43. The third kappa shape index (κ3) is 1.82. The number of rotatable bonds is 1. The quantitative estimate of drug-likeness (QED) is 0.592. The first-order chi connectivity index (χ1) is 10.1. The van der Waals surface area contributed by atoms with E-state index in [1.54, 1.807) is 31.2 Å². The molecule has 2 aliphatic heterocycles. The number of hydrogen-bond donors (Lipinski definition) is 2. The van der Waals surface area contributed by atoms with Crippen LogP contribution in [0.5, 0.6) is 0 Å². The van der Waals surface area contributed by atoms with E-state index in [0.29, 0.717) is 27.6 Å². The van der Waals surface area contributed by atoms with Crippen LogP contribution >= 0.6 is 0 Å². The van der Waals surface area contributed by atoms with Gasteiger partial charge in [0.1, 0.15) is 5.71 Å². The van der Waals surface area contributed by atoms with E-state index >= 15 is 0 Å². The van der Waals surface area contributed by atoms with Gasteiger partial charge < -0.3 is 4.74 Å². The van der Waals surface area contributed by atoms with Gasteiger partial charge in [0.15, 0.2) is 0 Å². The van der Waals surface area contributed by atoms with Crippen molar-refractivity contribution in [1.82, 2.24) is 5.43 Å². The van der Waals surface area contributed by atoms with Crippen LogP contribution in [0.1, 0.15) is 18.4 Å². The number of allylic oxidation sites excluding steroid dienone is 1. The highest BCUT2D eigenvalue weighted by atomic mass is 16.5. The van der Waals surface area contributed by atoms with Gasteiger partial charge in [0.05, 0.1) is 24.3 Å². The molecule has 1 aromatic rings. The maximum Gasteiger partial charge on any atom is 0.336 e. The first-order valence-electron chi connectivity index (χ1n) is 6.31. The number of methoxy groups -OCH3 is 1. The summed E-state index contributed by atoms with van der Waals surface area (Å²) in [5, 5.41) is 14.5. The molecule has 1 aromatic carbocycles. The Bertz CT molecular complexity index is 708. The summed E-state index contributed by atoms with van der Waals surface area (Å²) in [5.74, 6) is -1.85. The van der Waals surface area contributed by atoms with Crippen molar-refractivity contribution in [1.29, 1.82) is 0 Å². The highest BCUT2D eigenvalue weighted by Crippen LogP contribution is 2.40. The SMILES string of the molecule is COC(=O)C1=C(C)NN=C2C(=O)N(O)c3ccccc3C21. The first kappa shape index (κ1) is 13.3. The molecule has 1 atom stereocenters. The molecule has 0 aliphatic carbocycles. The van der Waals surface area contributed by atoms with Gasteiger partial charge >= 0.3 is 5.97 Å². The number of nitrogens with one attached hydrogen (secondary N) is 1. The molecule has 108 valence electrons. The van der Waals surface area contributed by atoms with Gasteiger partial charge in [0.25, 0.3) is 5.91 Å². The Morgan fingerprint density at radius 3 is 2.86 bits per heavy atom. The number of carbonyl (C=O) groups is 2. The van der Waals surface area contributed by atoms with Crippen molar-refractivity contribution >= 4 is 23.3 Å². The zero-order valence-corrected chi connectivity index (χ0v) is 11.5. The fraction of sp³-hybridized carbons (Fsp3) is 0.214. The van der Waals surface area contributed by atoms with E-state index in [-0.39, 0.29) is 5.71 Å². The average molecular weight is 287 g/mol. The van der Waals surface area contributed by atoms with Gasteiger partial charge in [0, 0.05) is 5.70 Å². The molecule has 1 amide bonds. The van der Waals surface area contributed by atoms with Gasteiger partial charge in [-0.15, -0.1) is 0 Å². The maximum absolute atomic E-state index is 12.2. The van der Waals surface area contributed by atoms with Crippen molar-refractivity contribution in [3.05, 3.63) is 41.1 Å². The third-order valence-corrected chi connectivity index (χ3v) is 3.60. The molecule has 0 saturated heterocycles. The Hall–Kier alpha value is -2.67. The second kappa shape index (κ2) is 4.71. The van der Waals surface area contributed by atoms with Crippen molar-refractivity contribution in [3.63, 3.8) is 0 Å². The summed E-state index contributed by atoms with van der Waals surface area (Å²) < 4.78 is 4.81. The van der Waals surface area contributed by atoms with Crippen molar-refractivity contribution in [2.45, 2.75) is 12.8 Å². The van der Waals surface area contributed by atoms with Gasteiger partial charge in [-0.25, -0.2) is 4.79 Å². The van der Waals surface area contributed by atoms with Crippen molar-refractivity contribution in [3.8, 4) is 0 Å². The molecule has 3 rings (SSSR count). The molecule has 7 nitrogen and oxygen atoms in total. The van der Waals surface area contributed by atoms with Crippen LogP contribution in [0, 0.1) is 0 Å². The van der Waals surface area contributed by atoms with Crippen LogP contribution < -0.4 is 10.5 Å². The number of nitrogens with zero attached hydrogens (tertiary/aromatic N) is 2. The number of fused-ring (bicyclic) bond motifs is 3. The van der Waals surface area contributed by atoms with E-state index in [0.717, 1.165) is 0 Å². The van der Waals surface area contributed by atoms with Crippen LogP contribution in [0.15, 0.2) is 40.6 Å². The van der Waals surface area contributed by atoms with Crippen LogP contribution in [0.4, 0.5) is 5.69 Å². The van der Waals surface area contributed by atoms with Crippen LogP contribution in [0.3, 0.4) is 0 Å². The second-order valence-corrected chi connectivity index (χ2v) is 4.75. The predicted octanol–water partition coefficient (Wildman–Crippen LogP) is 0.912. The molecule has 2 heterocycles. The highest BCUT2D eigenvalue weighted by molar-refractivity contribution is 6.48. The summed E-state index contributed by atoms with van der Waals surface area (Å²) in [6.07, 6.45) is 0. The number of para-hydroxylation sites is 1. The van der Waals surface area contributed by atoms with Crippen molar-refractivity contribution in [2.75, 3.05) is 12.2 Å². The number of benzene rings is 1. The number of carbonyl (C=O) groups excluding carboxylic acids is 2. The minimum Gasteiger partial charge on any atom is -0.466 e. The van der Waals surface area contributed by atoms with E-state index in [1.807, 2.05) is 0 Å². The lowest BCUT2D eigenvalue weighted by Crippen LogP contribution is -2.46. The molecule has 0 aromatic heterocycles. The third-order valence-electron chi connectivity index (χ3n) is 3.60. The van der Waals surface area contributed by atoms with Gasteiger partial charge in [-0.2, -0.15) is 10.2 Å². The summed E-state index contributed by atoms with van der Waals surface area (Å²) in [5.41, 5.74) is 4.49. The number of hydrogen-bond acceptors (Lipinski definition) is 6. The smallest absolute Gasteiger partial charge is 0.336 e. The Kier molecular flexibility index (Phi) is 2.99. The lowest BCUT2D eigenvalue weighted by Gasteiger charge is -2.34. The molecule has 0 saturated carbocycles. The number of hydroxylamine groups is 1. The van der Waals surface area contributed by atoms with Crippen molar-refractivity contribution in [2.24, 2.45) is 5.10 Å². The number of amides is 1. The average Bonchev–Trinajstić information content (AvgIpc) is 2.51. The van der Waals surface area contributed by atoms with Crippen LogP contribution in [-0.4, -0.2) is 29.9 Å².